The van der Waals surface area contributed by atoms with Crippen molar-refractivity contribution >= 4 is 5.91 Å². The van der Waals surface area contributed by atoms with Crippen molar-refractivity contribution < 1.29 is 9.90 Å². The molecular formula is C9H16N2O2. The lowest BCUT2D eigenvalue weighted by atomic mass is 10.0. The molecule has 0 radical (unpaired) electrons. The molecule has 13 heavy (non-hydrogen) atoms. The summed E-state index contributed by atoms with van der Waals surface area (Å²) in [5.41, 5.74) is -0.924. The molecule has 0 aromatic rings. The predicted molar refractivity (Wildman–Crippen MR) is 48.7 cm³/mol. The Labute approximate surface area is 78.6 Å². The minimum atomic E-state index is -1.05. The maximum Gasteiger partial charge on any atom is 0.250 e. The number of hydrogen-bond acceptors (Lipinski definition) is 3. The van der Waals surface area contributed by atoms with Crippen LogP contribution in [0.4, 0.5) is 0 Å². The van der Waals surface area contributed by atoms with E-state index in [1.165, 1.54) is 0 Å². The number of nitriles is 1. The number of nitrogens with zero attached hydrogens (tertiary/aromatic N) is 1. The van der Waals surface area contributed by atoms with E-state index in [1.807, 2.05) is 6.07 Å². The van der Waals surface area contributed by atoms with Crippen molar-refractivity contribution in [2.75, 3.05) is 0 Å². The number of amides is 1. The Balaban J connectivity index is 4.26. The summed E-state index contributed by atoms with van der Waals surface area (Å²) in [6.45, 7) is 6.64. The number of carbonyl (C=O) groups excluding carboxylic acids is 1. The van der Waals surface area contributed by atoms with Gasteiger partial charge in [0.2, 0.25) is 5.91 Å². The summed E-state index contributed by atoms with van der Waals surface area (Å²) in [5, 5.41) is 20.4. The van der Waals surface area contributed by atoms with Gasteiger partial charge in [0.15, 0.2) is 0 Å². The second-order valence-electron chi connectivity index (χ2n) is 3.91. The molecule has 0 aliphatic carbocycles. The Hall–Kier alpha value is -1.08. The van der Waals surface area contributed by atoms with E-state index >= 15 is 0 Å². The Morgan fingerprint density at radius 2 is 2.00 bits per heavy atom. The van der Waals surface area contributed by atoms with Crippen LogP contribution in [0.5, 0.6) is 0 Å². The monoisotopic (exact) mass is 184 g/mol. The molecule has 74 valence electrons. The molecule has 0 saturated carbocycles. The highest BCUT2D eigenvalue weighted by molar-refractivity contribution is 5.81. The molecule has 0 fully saturated rings. The summed E-state index contributed by atoms with van der Waals surface area (Å²) in [6, 6.07) is 1.92. The highest BCUT2D eigenvalue weighted by Crippen LogP contribution is 2.04. The van der Waals surface area contributed by atoms with Crippen molar-refractivity contribution in [3.63, 3.8) is 0 Å². The number of nitrogens with one attached hydrogen (secondary N) is 1. The van der Waals surface area contributed by atoms with Crippen molar-refractivity contribution in [1.82, 2.24) is 5.32 Å². The average Bonchev–Trinajstić information content (AvgIpc) is 2.02. The van der Waals surface area contributed by atoms with E-state index in [4.69, 9.17) is 5.26 Å². The zero-order chi connectivity index (χ0) is 10.6. The Bertz CT molecular complexity index is 228. The van der Waals surface area contributed by atoms with Gasteiger partial charge in [-0.25, -0.2) is 0 Å². The molecule has 0 unspecified atom stereocenters. The molecule has 0 aliphatic heterocycles. The van der Waals surface area contributed by atoms with E-state index < -0.39 is 17.6 Å². The third kappa shape index (κ3) is 3.90. The molecule has 0 rings (SSSR count). The number of carbonyl (C=O) groups is 1. The smallest absolute Gasteiger partial charge is 0.250 e. The third-order valence-corrected chi connectivity index (χ3v) is 1.62. The average molecular weight is 184 g/mol. The molecule has 4 heteroatoms. The van der Waals surface area contributed by atoms with E-state index in [0.717, 1.165) is 0 Å². The van der Waals surface area contributed by atoms with Gasteiger partial charge in [0.05, 0.1) is 6.07 Å². The number of hydrogen-bond donors (Lipinski definition) is 2. The predicted octanol–water partition coefficient (Wildman–Crippen LogP) is 0.422. The summed E-state index contributed by atoms with van der Waals surface area (Å²) in [7, 11) is 0. The van der Waals surface area contributed by atoms with E-state index in [9.17, 15) is 9.90 Å². The molecule has 0 aromatic carbocycles. The van der Waals surface area contributed by atoms with E-state index in [0.29, 0.717) is 0 Å². The second-order valence-corrected chi connectivity index (χ2v) is 3.91. The summed E-state index contributed by atoms with van der Waals surface area (Å²) < 4.78 is 0. The molecule has 0 aromatic heterocycles. The Kier molecular flexibility index (Phi) is 3.89. The fourth-order valence-corrected chi connectivity index (χ4v) is 0.713. The van der Waals surface area contributed by atoms with Crippen LogP contribution in [0.2, 0.25) is 0 Å². The standard InChI is InChI=1S/C9H16N2O2/c1-6(2)7(12)8(13)11-9(3,4)5-10/h6-7,12H,1-4H3,(H,11,13)/t7-/m1/s1. The van der Waals surface area contributed by atoms with Crippen molar-refractivity contribution in [2.24, 2.45) is 5.92 Å². The normalized spacial score (nSPS) is 13.6. The van der Waals surface area contributed by atoms with Crippen LogP contribution < -0.4 is 5.32 Å². The molecule has 0 spiro atoms. The van der Waals surface area contributed by atoms with Gasteiger partial charge in [-0.2, -0.15) is 5.26 Å². The van der Waals surface area contributed by atoms with Crippen molar-refractivity contribution in [2.45, 2.75) is 39.3 Å². The van der Waals surface area contributed by atoms with Gasteiger partial charge in [-0.3, -0.25) is 4.79 Å². The van der Waals surface area contributed by atoms with Crippen molar-refractivity contribution in [3.8, 4) is 6.07 Å². The lowest BCUT2D eigenvalue weighted by molar-refractivity contribution is -0.132. The summed E-state index contributed by atoms with van der Waals surface area (Å²) in [5.74, 6) is -0.643. The number of rotatable bonds is 3. The summed E-state index contributed by atoms with van der Waals surface area (Å²) in [4.78, 5) is 11.2. The first kappa shape index (κ1) is 11.9. The highest BCUT2D eigenvalue weighted by atomic mass is 16.3. The van der Waals surface area contributed by atoms with Crippen LogP contribution >= 0.6 is 0 Å². The zero-order valence-corrected chi connectivity index (χ0v) is 8.46. The van der Waals surface area contributed by atoms with Gasteiger partial charge in [0.25, 0.3) is 0 Å². The van der Waals surface area contributed by atoms with E-state index in [-0.39, 0.29) is 5.92 Å². The second kappa shape index (κ2) is 4.24. The highest BCUT2D eigenvalue weighted by Gasteiger charge is 2.25. The van der Waals surface area contributed by atoms with Gasteiger partial charge in [-0.05, 0) is 19.8 Å². The fraction of sp³-hybridized carbons (Fsp3) is 0.778. The van der Waals surface area contributed by atoms with Gasteiger partial charge in [0, 0.05) is 0 Å². The van der Waals surface area contributed by atoms with Crippen molar-refractivity contribution in [3.05, 3.63) is 0 Å². The Morgan fingerprint density at radius 1 is 1.54 bits per heavy atom. The van der Waals surface area contributed by atoms with Gasteiger partial charge in [-0.1, -0.05) is 13.8 Å². The van der Waals surface area contributed by atoms with Gasteiger partial charge in [0.1, 0.15) is 11.6 Å². The maximum absolute atomic E-state index is 11.2. The number of aliphatic hydroxyl groups is 1. The topological polar surface area (TPSA) is 73.1 Å². The van der Waals surface area contributed by atoms with E-state index in [1.54, 1.807) is 27.7 Å². The van der Waals surface area contributed by atoms with E-state index in [2.05, 4.69) is 5.32 Å². The van der Waals surface area contributed by atoms with Crippen LogP contribution in [0.25, 0.3) is 0 Å². The Morgan fingerprint density at radius 3 is 2.31 bits per heavy atom. The van der Waals surface area contributed by atoms with Crippen molar-refractivity contribution in [1.29, 1.82) is 5.26 Å². The van der Waals surface area contributed by atoms with Crippen LogP contribution in [0.15, 0.2) is 0 Å². The van der Waals surface area contributed by atoms with Gasteiger partial charge >= 0.3 is 0 Å². The SMILES string of the molecule is CC(C)[C@@H](O)C(=O)NC(C)(C)C#N. The largest absolute Gasteiger partial charge is 0.383 e. The first-order valence-corrected chi connectivity index (χ1v) is 4.21. The first-order chi connectivity index (χ1) is 5.80. The molecule has 0 bridgehead atoms. The lowest BCUT2D eigenvalue weighted by Gasteiger charge is -2.21. The van der Waals surface area contributed by atoms with Crippen LogP contribution in [0, 0.1) is 17.2 Å². The third-order valence-electron chi connectivity index (χ3n) is 1.62. The molecule has 0 aliphatic rings. The minimum absolute atomic E-state index is 0.144. The fourth-order valence-electron chi connectivity index (χ4n) is 0.713. The summed E-state index contributed by atoms with van der Waals surface area (Å²) in [6.07, 6.45) is -1.05. The number of aliphatic hydroxyl groups excluding tert-OH is 1. The lowest BCUT2D eigenvalue weighted by Crippen LogP contribution is -2.48. The molecular weight excluding hydrogens is 168 g/mol. The molecule has 0 saturated heterocycles. The van der Waals surface area contributed by atoms with Crippen LogP contribution in [0.1, 0.15) is 27.7 Å². The molecule has 1 atom stereocenters. The maximum atomic E-state index is 11.2. The molecule has 1 amide bonds. The van der Waals surface area contributed by atoms with Crippen LogP contribution in [0.3, 0.4) is 0 Å². The summed E-state index contributed by atoms with van der Waals surface area (Å²) >= 11 is 0. The first-order valence-electron chi connectivity index (χ1n) is 4.21. The van der Waals surface area contributed by atoms with Crippen LogP contribution in [-0.4, -0.2) is 22.7 Å². The zero-order valence-electron chi connectivity index (χ0n) is 8.46. The van der Waals surface area contributed by atoms with Gasteiger partial charge in [-0.15, -0.1) is 0 Å². The quantitative estimate of drug-likeness (QED) is 0.667. The van der Waals surface area contributed by atoms with Gasteiger partial charge < -0.3 is 10.4 Å². The molecule has 4 nitrogen and oxygen atoms in total. The van der Waals surface area contributed by atoms with Crippen LogP contribution in [-0.2, 0) is 4.79 Å². The molecule has 2 N–H and O–H groups in total. The molecule has 0 heterocycles. The minimum Gasteiger partial charge on any atom is -0.383 e.